The van der Waals surface area contributed by atoms with Gasteiger partial charge in [0.15, 0.2) is 0 Å². The first kappa shape index (κ1) is 26.0. The Morgan fingerprint density at radius 2 is 1.68 bits per heavy atom. The van der Waals surface area contributed by atoms with Crippen molar-refractivity contribution in [3.05, 3.63) is 76.1 Å². The fourth-order valence-electron chi connectivity index (χ4n) is 3.18. The SMILES string of the molecule is Cc1ccc(-c2ncc[nH]2)cc1C(O)c1c(C)cc(C(=O)[O-])cc1C.O.O.[Na+]. The number of carbonyl (C=O) groups is 1. The van der Waals surface area contributed by atoms with Crippen molar-refractivity contribution in [1.82, 2.24) is 9.97 Å². The van der Waals surface area contributed by atoms with Crippen LogP contribution in [-0.2, 0) is 0 Å². The van der Waals surface area contributed by atoms with Crippen molar-refractivity contribution in [2.75, 3.05) is 0 Å². The maximum absolute atomic E-state index is 11.1. The zero-order valence-electron chi connectivity index (χ0n) is 16.3. The Morgan fingerprint density at radius 1 is 1.07 bits per heavy atom. The summed E-state index contributed by atoms with van der Waals surface area (Å²) in [6.45, 7) is 5.53. The summed E-state index contributed by atoms with van der Waals surface area (Å²) in [6.07, 6.45) is 2.57. The number of H-pyrrole nitrogens is 1. The van der Waals surface area contributed by atoms with E-state index in [4.69, 9.17) is 0 Å². The van der Waals surface area contributed by atoms with E-state index in [2.05, 4.69) is 9.97 Å². The number of imidazole rings is 1. The normalized spacial score (nSPS) is 10.9. The fraction of sp³-hybridized carbons (Fsp3) is 0.200. The third kappa shape index (κ3) is 5.08. The molecule has 6 N–H and O–H groups in total. The Balaban J connectivity index is 0.00000243. The van der Waals surface area contributed by atoms with Crippen molar-refractivity contribution in [2.45, 2.75) is 26.9 Å². The molecule has 0 spiro atoms. The molecule has 2 aromatic carbocycles. The summed E-state index contributed by atoms with van der Waals surface area (Å²) in [6, 6.07) is 8.86. The van der Waals surface area contributed by atoms with Crippen LogP contribution in [0.5, 0.6) is 0 Å². The zero-order chi connectivity index (χ0) is 18.1. The number of aromatic nitrogens is 2. The molecule has 0 saturated carbocycles. The standard InChI is InChI=1S/C20H20N2O3.Na.2H2O/c1-11-4-5-14(19-21-6-7-22-19)10-16(11)18(23)17-12(2)8-15(20(24)25)9-13(17)3;;;/h4-10,18,23H,1-3H3,(H,21,22)(H,24,25);;2*1H2/q;+1;;/p-1. The molecule has 1 unspecified atom stereocenters. The van der Waals surface area contributed by atoms with Gasteiger partial charge >= 0.3 is 29.6 Å². The van der Waals surface area contributed by atoms with Crippen molar-refractivity contribution in [1.29, 1.82) is 0 Å². The van der Waals surface area contributed by atoms with Crippen molar-refractivity contribution in [3.8, 4) is 11.4 Å². The number of nitrogens with one attached hydrogen (secondary N) is 1. The van der Waals surface area contributed by atoms with E-state index >= 15 is 0 Å². The molecule has 1 heterocycles. The van der Waals surface area contributed by atoms with E-state index in [0.29, 0.717) is 5.56 Å². The van der Waals surface area contributed by atoms with E-state index in [-0.39, 0.29) is 46.1 Å². The number of benzene rings is 2. The van der Waals surface area contributed by atoms with Crippen LogP contribution in [0.1, 0.15) is 44.3 Å². The zero-order valence-corrected chi connectivity index (χ0v) is 18.3. The van der Waals surface area contributed by atoms with Crippen molar-refractivity contribution < 1.29 is 55.5 Å². The predicted molar refractivity (Wildman–Crippen MR) is 100 cm³/mol. The molecule has 7 nitrogen and oxygen atoms in total. The average Bonchev–Trinajstić information content (AvgIpc) is 3.08. The number of carboxylic acids is 1. The van der Waals surface area contributed by atoms with Gasteiger partial charge in [0.25, 0.3) is 0 Å². The summed E-state index contributed by atoms with van der Waals surface area (Å²) in [5.74, 6) is -0.488. The second kappa shape index (κ2) is 10.5. The Bertz CT molecular complexity index is 919. The van der Waals surface area contributed by atoms with Gasteiger partial charge in [-0.3, -0.25) is 0 Å². The van der Waals surface area contributed by atoms with Gasteiger partial charge in [0.05, 0.1) is 5.97 Å². The Kier molecular flexibility index (Phi) is 9.77. The maximum atomic E-state index is 11.1. The number of carbonyl (C=O) groups excluding carboxylic acids is 1. The average molecular weight is 394 g/mol. The fourth-order valence-corrected chi connectivity index (χ4v) is 3.18. The molecule has 28 heavy (non-hydrogen) atoms. The molecule has 0 aliphatic rings. The summed E-state index contributed by atoms with van der Waals surface area (Å²) >= 11 is 0. The van der Waals surface area contributed by atoms with Crippen LogP contribution in [-0.4, -0.2) is 32.0 Å². The van der Waals surface area contributed by atoms with E-state index in [1.165, 1.54) is 12.1 Å². The van der Waals surface area contributed by atoms with E-state index in [0.717, 1.165) is 33.6 Å². The first-order valence-corrected chi connectivity index (χ1v) is 7.99. The van der Waals surface area contributed by atoms with Crippen molar-refractivity contribution >= 4 is 5.97 Å². The van der Waals surface area contributed by atoms with Crippen LogP contribution >= 0.6 is 0 Å². The number of aliphatic hydroxyl groups is 1. The molecule has 3 aromatic rings. The molecule has 144 valence electrons. The first-order valence-electron chi connectivity index (χ1n) is 7.99. The number of rotatable bonds is 4. The summed E-state index contributed by atoms with van der Waals surface area (Å²) < 4.78 is 0. The van der Waals surface area contributed by atoms with Gasteiger partial charge in [0.1, 0.15) is 11.9 Å². The Hall–Kier alpha value is -2.00. The number of hydrogen-bond donors (Lipinski definition) is 2. The van der Waals surface area contributed by atoms with Gasteiger partial charge in [0, 0.05) is 18.0 Å². The number of hydrogen-bond acceptors (Lipinski definition) is 4. The number of aryl methyl sites for hydroxylation is 3. The van der Waals surface area contributed by atoms with Crippen LogP contribution in [0.25, 0.3) is 11.4 Å². The molecular formula is C20H23N2NaO5. The molecule has 0 fully saturated rings. The van der Waals surface area contributed by atoms with Gasteiger partial charge in [-0.15, -0.1) is 0 Å². The quantitative estimate of drug-likeness (QED) is 0.482. The number of aliphatic hydroxyl groups excluding tert-OH is 1. The molecule has 0 saturated heterocycles. The number of nitrogens with zero attached hydrogens (tertiary/aromatic N) is 1. The van der Waals surface area contributed by atoms with Crippen LogP contribution in [0.4, 0.5) is 0 Å². The minimum atomic E-state index is -1.22. The third-order valence-electron chi connectivity index (χ3n) is 4.45. The molecule has 0 amide bonds. The van der Waals surface area contributed by atoms with E-state index < -0.39 is 12.1 Å². The molecule has 1 atom stereocenters. The molecule has 0 aliphatic heterocycles. The first-order chi connectivity index (χ1) is 11.9. The summed E-state index contributed by atoms with van der Waals surface area (Å²) in [5, 5.41) is 22.1. The minimum Gasteiger partial charge on any atom is -0.545 e. The number of carboxylic acid groups (broad SMARTS) is 1. The van der Waals surface area contributed by atoms with E-state index in [1.807, 2.05) is 25.1 Å². The van der Waals surface area contributed by atoms with Gasteiger partial charge in [-0.05, 0) is 72.4 Å². The van der Waals surface area contributed by atoms with Gasteiger partial charge in [0.2, 0.25) is 0 Å². The van der Waals surface area contributed by atoms with Crippen molar-refractivity contribution in [2.24, 2.45) is 0 Å². The van der Waals surface area contributed by atoms with Crippen molar-refractivity contribution in [3.63, 3.8) is 0 Å². The number of aromatic carboxylic acids is 1. The van der Waals surface area contributed by atoms with E-state index in [1.54, 1.807) is 26.2 Å². The Morgan fingerprint density at radius 3 is 2.18 bits per heavy atom. The maximum Gasteiger partial charge on any atom is 1.00 e. The monoisotopic (exact) mass is 394 g/mol. The summed E-state index contributed by atoms with van der Waals surface area (Å²) in [5.41, 5.74) is 4.86. The molecule has 8 heteroatoms. The van der Waals surface area contributed by atoms with Crippen LogP contribution in [0.15, 0.2) is 42.7 Å². The molecule has 0 aliphatic carbocycles. The van der Waals surface area contributed by atoms with E-state index in [9.17, 15) is 15.0 Å². The Labute approximate surface area is 185 Å². The van der Waals surface area contributed by atoms with Gasteiger partial charge < -0.3 is 30.9 Å². The minimum absolute atomic E-state index is 0. The topological polar surface area (TPSA) is 152 Å². The van der Waals surface area contributed by atoms with Gasteiger partial charge in [-0.2, -0.15) is 0 Å². The molecule has 3 rings (SSSR count). The molecule has 0 bridgehead atoms. The van der Waals surface area contributed by atoms with Gasteiger partial charge in [-0.1, -0.05) is 12.1 Å². The third-order valence-corrected chi connectivity index (χ3v) is 4.45. The summed E-state index contributed by atoms with van der Waals surface area (Å²) in [7, 11) is 0. The summed E-state index contributed by atoms with van der Waals surface area (Å²) in [4.78, 5) is 18.4. The van der Waals surface area contributed by atoms with Crippen LogP contribution in [0.2, 0.25) is 0 Å². The second-order valence-electron chi connectivity index (χ2n) is 6.22. The van der Waals surface area contributed by atoms with Crippen LogP contribution in [0, 0.1) is 20.8 Å². The predicted octanol–water partition coefficient (Wildman–Crippen LogP) is -2.20. The molecule has 0 radical (unpaired) electrons. The second-order valence-corrected chi connectivity index (χ2v) is 6.22. The molecular weight excluding hydrogens is 371 g/mol. The largest absolute Gasteiger partial charge is 1.00 e. The molecule has 1 aromatic heterocycles. The van der Waals surface area contributed by atoms with Gasteiger partial charge in [-0.25, -0.2) is 4.98 Å². The van der Waals surface area contributed by atoms with Crippen LogP contribution in [0.3, 0.4) is 0 Å². The smallest absolute Gasteiger partial charge is 0.545 e. The number of aromatic amines is 1. The van der Waals surface area contributed by atoms with Crippen LogP contribution < -0.4 is 34.7 Å².